The molecule has 0 radical (unpaired) electrons. The van der Waals surface area contributed by atoms with Crippen molar-refractivity contribution in [2.75, 3.05) is 19.6 Å². The minimum Gasteiger partial charge on any atom is -0.356 e. The lowest BCUT2D eigenvalue weighted by atomic mass is 9.83. The van der Waals surface area contributed by atoms with Gasteiger partial charge in [-0.05, 0) is 66.7 Å². The van der Waals surface area contributed by atoms with Crippen LogP contribution >= 0.6 is 15.9 Å². The maximum Gasteiger partial charge on any atom is 0.220 e. The monoisotopic (exact) mass is 419 g/mol. The molecule has 4 rings (SSSR count). The lowest BCUT2D eigenvalue weighted by Crippen LogP contribution is -2.51. The molecule has 140 valence electrons. The number of aryl methyl sites for hydroxylation is 1. The normalized spacial score (nSPS) is 23.7. The molecule has 2 aliphatic heterocycles. The van der Waals surface area contributed by atoms with E-state index in [4.69, 9.17) is 0 Å². The van der Waals surface area contributed by atoms with Crippen molar-refractivity contribution >= 4 is 33.0 Å². The van der Waals surface area contributed by atoms with Crippen molar-refractivity contribution < 1.29 is 4.79 Å². The molecule has 2 N–H and O–H groups in total. The van der Waals surface area contributed by atoms with Crippen molar-refractivity contribution in [3.63, 3.8) is 0 Å². The van der Waals surface area contributed by atoms with Gasteiger partial charge in [0.05, 0.1) is 5.52 Å². The summed E-state index contributed by atoms with van der Waals surface area (Å²) in [5, 5.41) is 3.17. The van der Waals surface area contributed by atoms with Crippen molar-refractivity contribution in [3.8, 4) is 0 Å². The molecule has 0 bridgehead atoms. The molecular formula is C19H26BrN5O. The summed E-state index contributed by atoms with van der Waals surface area (Å²) >= 11 is 3.41. The molecule has 2 aliphatic rings. The average molecular weight is 420 g/mol. The molecule has 0 saturated carbocycles. The molecule has 2 saturated heterocycles. The SMILES string of the molecule is O=C(CCc1nc2ncc(Br)cc2[nH]1)NC[C@@H]1CCCN2CCCCC12. The predicted octanol–water partition coefficient (Wildman–Crippen LogP) is 3.03. The first kappa shape index (κ1) is 17.9. The Labute approximate surface area is 162 Å². The number of halogens is 1. The maximum absolute atomic E-state index is 12.3. The largest absolute Gasteiger partial charge is 0.356 e. The number of imidazole rings is 1. The van der Waals surface area contributed by atoms with Crippen LogP contribution in [0.1, 0.15) is 44.3 Å². The number of carbonyl (C=O) groups is 1. The van der Waals surface area contributed by atoms with E-state index in [-0.39, 0.29) is 5.91 Å². The Morgan fingerprint density at radius 3 is 3.12 bits per heavy atom. The first-order valence-electron chi connectivity index (χ1n) is 9.70. The summed E-state index contributed by atoms with van der Waals surface area (Å²) in [6.45, 7) is 3.30. The van der Waals surface area contributed by atoms with Crippen molar-refractivity contribution in [2.24, 2.45) is 5.92 Å². The zero-order chi connectivity index (χ0) is 17.9. The summed E-state index contributed by atoms with van der Waals surface area (Å²) in [5.74, 6) is 1.55. The molecule has 1 unspecified atom stereocenters. The summed E-state index contributed by atoms with van der Waals surface area (Å²) in [6.07, 6.45) is 9.27. The summed E-state index contributed by atoms with van der Waals surface area (Å²) in [7, 11) is 0. The predicted molar refractivity (Wildman–Crippen MR) is 105 cm³/mol. The Hall–Kier alpha value is -1.47. The number of H-pyrrole nitrogens is 1. The number of fused-ring (bicyclic) bond motifs is 2. The Kier molecular flexibility index (Phi) is 5.55. The van der Waals surface area contributed by atoms with Crippen LogP contribution in [0.3, 0.4) is 0 Å². The second-order valence-electron chi connectivity index (χ2n) is 7.51. The van der Waals surface area contributed by atoms with E-state index in [0.29, 0.717) is 30.4 Å². The molecule has 2 atom stereocenters. The highest BCUT2D eigenvalue weighted by Crippen LogP contribution is 2.30. The Morgan fingerprint density at radius 2 is 2.19 bits per heavy atom. The molecule has 0 aliphatic carbocycles. The lowest BCUT2D eigenvalue weighted by molar-refractivity contribution is -0.121. The number of pyridine rings is 1. The summed E-state index contributed by atoms with van der Waals surface area (Å²) < 4.78 is 0.919. The van der Waals surface area contributed by atoms with Crippen LogP contribution in [-0.2, 0) is 11.2 Å². The number of aromatic amines is 1. The van der Waals surface area contributed by atoms with E-state index in [2.05, 4.69) is 41.1 Å². The molecule has 2 aromatic heterocycles. The molecule has 6 nitrogen and oxygen atoms in total. The van der Waals surface area contributed by atoms with E-state index in [1.807, 2.05) is 6.07 Å². The van der Waals surface area contributed by atoms with Gasteiger partial charge in [-0.2, -0.15) is 0 Å². The fourth-order valence-electron chi connectivity index (χ4n) is 4.42. The molecule has 7 heteroatoms. The van der Waals surface area contributed by atoms with Gasteiger partial charge in [0.15, 0.2) is 5.65 Å². The van der Waals surface area contributed by atoms with Gasteiger partial charge in [-0.25, -0.2) is 9.97 Å². The number of piperidine rings is 2. The molecule has 2 fully saturated rings. The number of nitrogens with zero attached hydrogens (tertiary/aromatic N) is 3. The average Bonchev–Trinajstić information content (AvgIpc) is 3.06. The smallest absolute Gasteiger partial charge is 0.220 e. The second-order valence-corrected chi connectivity index (χ2v) is 8.43. The topological polar surface area (TPSA) is 73.9 Å². The van der Waals surface area contributed by atoms with Gasteiger partial charge >= 0.3 is 0 Å². The van der Waals surface area contributed by atoms with E-state index < -0.39 is 0 Å². The van der Waals surface area contributed by atoms with E-state index in [9.17, 15) is 4.79 Å². The lowest BCUT2D eigenvalue weighted by Gasteiger charge is -2.44. The number of amides is 1. The van der Waals surface area contributed by atoms with Gasteiger partial charge in [0.1, 0.15) is 5.82 Å². The Bertz CT molecular complexity index is 774. The minimum absolute atomic E-state index is 0.118. The Morgan fingerprint density at radius 1 is 1.31 bits per heavy atom. The third-order valence-corrected chi connectivity index (χ3v) is 6.17. The van der Waals surface area contributed by atoms with Gasteiger partial charge in [0.25, 0.3) is 0 Å². The molecule has 26 heavy (non-hydrogen) atoms. The van der Waals surface area contributed by atoms with E-state index in [1.54, 1.807) is 6.20 Å². The first-order chi connectivity index (χ1) is 12.7. The van der Waals surface area contributed by atoms with E-state index >= 15 is 0 Å². The summed E-state index contributed by atoms with van der Waals surface area (Å²) in [4.78, 5) is 26.9. The van der Waals surface area contributed by atoms with Gasteiger partial charge in [-0.1, -0.05) is 6.42 Å². The maximum atomic E-state index is 12.3. The van der Waals surface area contributed by atoms with Crippen LogP contribution in [0.15, 0.2) is 16.7 Å². The van der Waals surface area contributed by atoms with Crippen molar-refractivity contribution in [2.45, 2.75) is 51.0 Å². The van der Waals surface area contributed by atoms with Gasteiger partial charge in [-0.15, -0.1) is 0 Å². The third kappa shape index (κ3) is 4.09. The fourth-order valence-corrected chi connectivity index (χ4v) is 4.75. The standard InChI is InChI=1S/C19H26BrN5O/c20-14-10-15-19(22-12-14)24-17(23-15)6-7-18(26)21-11-13-4-3-9-25-8-2-1-5-16(13)25/h10,12-13,16H,1-9,11H2,(H,21,26)(H,22,23,24)/t13-,16?/m0/s1. The number of carbonyl (C=O) groups excluding carboxylic acids is 1. The van der Waals surface area contributed by atoms with Gasteiger partial charge in [0, 0.05) is 36.1 Å². The molecular weight excluding hydrogens is 394 g/mol. The first-order valence-corrected chi connectivity index (χ1v) is 10.5. The van der Waals surface area contributed by atoms with Crippen LogP contribution in [0.2, 0.25) is 0 Å². The van der Waals surface area contributed by atoms with Gasteiger partial charge < -0.3 is 15.2 Å². The van der Waals surface area contributed by atoms with Crippen molar-refractivity contribution in [1.29, 1.82) is 0 Å². The molecule has 1 amide bonds. The van der Waals surface area contributed by atoms with E-state index in [1.165, 1.54) is 45.2 Å². The highest BCUT2D eigenvalue weighted by atomic mass is 79.9. The number of hydrogen-bond acceptors (Lipinski definition) is 4. The summed E-state index contributed by atoms with van der Waals surface area (Å²) in [5.41, 5.74) is 1.59. The zero-order valence-corrected chi connectivity index (χ0v) is 16.6. The van der Waals surface area contributed by atoms with Gasteiger partial charge in [0.2, 0.25) is 5.91 Å². The second kappa shape index (κ2) is 8.05. The van der Waals surface area contributed by atoms with E-state index in [0.717, 1.165) is 22.4 Å². The highest BCUT2D eigenvalue weighted by molar-refractivity contribution is 9.10. The summed E-state index contributed by atoms with van der Waals surface area (Å²) in [6, 6.07) is 2.63. The van der Waals surface area contributed by atoms with Crippen LogP contribution in [0.4, 0.5) is 0 Å². The van der Waals surface area contributed by atoms with Crippen LogP contribution < -0.4 is 5.32 Å². The molecule has 4 heterocycles. The third-order valence-electron chi connectivity index (χ3n) is 5.73. The zero-order valence-electron chi connectivity index (χ0n) is 15.0. The van der Waals surface area contributed by atoms with Crippen LogP contribution in [-0.4, -0.2) is 51.4 Å². The Balaban J connectivity index is 1.27. The number of aromatic nitrogens is 3. The quantitative estimate of drug-likeness (QED) is 0.780. The highest BCUT2D eigenvalue weighted by Gasteiger charge is 2.32. The number of hydrogen-bond donors (Lipinski definition) is 2. The van der Waals surface area contributed by atoms with Crippen molar-refractivity contribution in [3.05, 3.63) is 22.6 Å². The van der Waals surface area contributed by atoms with Crippen LogP contribution in [0.25, 0.3) is 11.2 Å². The van der Waals surface area contributed by atoms with Crippen LogP contribution in [0.5, 0.6) is 0 Å². The van der Waals surface area contributed by atoms with Crippen LogP contribution in [0, 0.1) is 5.92 Å². The minimum atomic E-state index is 0.118. The number of nitrogens with one attached hydrogen (secondary N) is 2. The molecule has 0 aromatic carbocycles. The molecule has 2 aromatic rings. The number of rotatable bonds is 5. The van der Waals surface area contributed by atoms with Crippen molar-refractivity contribution in [1.82, 2.24) is 25.2 Å². The molecule has 0 spiro atoms. The van der Waals surface area contributed by atoms with Gasteiger partial charge in [-0.3, -0.25) is 4.79 Å². The fraction of sp³-hybridized carbons (Fsp3) is 0.632.